The number of nitrogens with one attached hydrogen (secondary N) is 2. The molecule has 2 heterocycles. The fourth-order valence-electron chi connectivity index (χ4n) is 2.83. The maximum atomic E-state index is 11.8. The van der Waals surface area contributed by atoms with Gasteiger partial charge in [-0.05, 0) is 55.7 Å². The van der Waals surface area contributed by atoms with Crippen LogP contribution in [0.5, 0.6) is 0 Å². The van der Waals surface area contributed by atoms with E-state index in [4.69, 9.17) is 0 Å². The van der Waals surface area contributed by atoms with Crippen LogP contribution in [0.2, 0.25) is 0 Å². The third-order valence-electron chi connectivity index (χ3n) is 4.16. The highest BCUT2D eigenvalue weighted by Gasteiger charge is 2.11. The molecule has 126 valence electrons. The molecule has 1 amide bonds. The molecule has 1 aromatic heterocycles. The van der Waals surface area contributed by atoms with E-state index in [1.54, 1.807) is 12.3 Å². The van der Waals surface area contributed by atoms with E-state index in [1.165, 1.54) is 18.5 Å². The molecule has 0 unspecified atom stereocenters. The van der Waals surface area contributed by atoms with Gasteiger partial charge in [0.2, 0.25) is 0 Å². The summed E-state index contributed by atoms with van der Waals surface area (Å²) in [5.41, 5.74) is 3.61. The summed E-state index contributed by atoms with van der Waals surface area (Å²) in [6, 6.07) is 12.1. The Bertz CT molecular complexity index is 661. The third-order valence-corrected chi connectivity index (χ3v) is 4.16. The van der Waals surface area contributed by atoms with Crippen LogP contribution in [-0.4, -0.2) is 30.5 Å². The molecule has 1 fully saturated rings. The van der Waals surface area contributed by atoms with Crippen LogP contribution in [0.15, 0.2) is 42.6 Å². The number of benzene rings is 1. The highest BCUT2D eigenvalue weighted by molar-refractivity contribution is 5.92. The van der Waals surface area contributed by atoms with Gasteiger partial charge in [-0.3, -0.25) is 4.79 Å². The Morgan fingerprint density at radius 3 is 2.42 bits per heavy atom. The molecule has 3 rings (SSSR count). The van der Waals surface area contributed by atoms with Gasteiger partial charge in [0.15, 0.2) is 0 Å². The Labute approximate surface area is 143 Å². The molecule has 5 nitrogen and oxygen atoms in total. The van der Waals surface area contributed by atoms with Gasteiger partial charge in [-0.15, -0.1) is 0 Å². The van der Waals surface area contributed by atoms with Crippen LogP contribution in [0.3, 0.4) is 0 Å². The summed E-state index contributed by atoms with van der Waals surface area (Å²) in [5, 5.41) is 6.14. The number of rotatable bonds is 6. The summed E-state index contributed by atoms with van der Waals surface area (Å²) in [6.07, 6.45) is 5.17. The summed E-state index contributed by atoms with van der Waals surface area (Å²) in [5.74, 6) is -0.127. The second kappa shape index (κ2) is 7.81. The van der Waals surface area contributed by atoms with Crippen LogP contribution in [0.4, 0.5) is 17.1 Å². The minimum absolute atomic E-state index is 0.127. The first-order valence-electron chi connectivity index (χ1n) is 8.62. The molecule has 1 aliphatic rings. The van der Waals surface area contributed by atoms with Crippen molar-refractivity contribution < 1.29 is 4.79 Å². The van der Waals surface area contributed by atoms with Crippen molar-refractivity contribution in [2.75, 3.05) is 29.9 Å². The molecule has 5 heteroatoms. The molecule has 2 aromatic rings. The molecule has 1 aliphatic heterocycles. The number of aromatic nitrogens is 1. The van der Waals surface area contributed by atoms with Crippen molar-refractivity contribution in [3.63, 3.8) is 0 Å². The fourth-order valence-corrected chi connectivity index (χ4v) is 2.83. The lowest BCUT2D eigenvalue weighted by molar-refractivity contribution is 0.0949. The molecule has 0 radical (unpaired) electrons. The first-order valence-corrected chi connectivity index (χ1v) is 8.62. The van der Waals surface area contributed by atoms with Gasteiger partial charge in [0.1, 0.15) is 5.69 Å². The van der Waals surface area contributed by atoms with Crippen LogP contribution >= 0.6 is 0 Å². The third kappa shape index (κ3) is 4.04. The van der Waals surface area contributed by atoms with Crippen molar-refractivity contribution in [3.8, 4) is 0 Å². The predicted octanol–water partition coefficient (Wildman–Crippen LogP) is 3.57. The summed E-state index contributed by atoms with van der Waals surface area (Å²) >= 11 is 0. The molecular weight excluding hydrogens is 300 g/mol. The first kappa shape index (κ1) is 16.3. The lowest BCUT2D eigenvalue weighted by Crippen LogP contribution is -2.24. The zero-order chi connectivity index (χ0) is 16.8. The largest absolute Gasteiger partial charge is 0.372 e. The van der Waals surface area contributed by atoms with Crippen molar-refractivity contribution in [1.82, 2.24) is 10.3 Å². The monoisotopic (exact) mass is 324 g/mol. The van der Waals surface area contributed by atoms with E-state index >= 15 is 0 Å². The number of carbonyl (C=O) groups is 1. The Balaban J connectivity index is 1.60. The second-order valence-electron chi connectivity index (χ2n) is 6.05. The van der Waals surface area contributed by atoms with Gasteiger partial charge in [-0.2, -0.15) is 0 Å². The number of carbonyl (C=O) groups excluding carboxylic acids is 1. The van der Waals surface area contributed by atoms with Crippen LogP contribution in [0.1, 0.15) is 36.7 Å². The van der Waals surface area contributed by atoms with E-state index in [2.05, 4.69) is 44.8 Å². The summed E-state index contributed by atoms with van der Waals surface area (Å²) in [7, 11) is 0. The van der Waals surface area contributed by atoms with E-state index < -0.39 is 0 Å². The van der Waals surface area contributed by atoms with E-state index in [0.717, 1.165) is 30.9 Å². The molecule has 1 aromatic carbocycles. The number of hydrogen-bond donors (Lipinski definition) is 2. The second-order valence-corrected chi connectivity index (χ2v) is 6.05. The van der Waals surface area contributed by atoms with Crippen molar-refractivity contribution >= 4 is 23.0 Å². The minimum Gasteiger partial charge on any atom is -0.372 e. The highest BCUT2D eigenvalue weighted by Crippen LogP contribution is 2.23. The maximum Gasteiger partial charge on any atom is 0.269 e. The van der Waals surface area contributed by atoms with E-state index in [9.17, 15) is 4.79 Å². The molecule has 2 N–H and O–H groups in total. The maximum absolute atomic E-state index is 11.8. The average molecular weight is 324 g/mol. The predicted molar refractivity (Wildman–Crippen MR) is 98.0 cm³/mol. The van der Waals surface area contributed by atoms with Crippen molar-refractivity contribution in [1.29, 1.82) is 0 Å². The number of anilines is 3. The van der Waals surface area contributed by atoms with Crippen molar-refractivity contribution in [3.05, 3.63) is 48.3 Å². The summed E-state index contributed by atoms with van der Waals surface area (Å²) < 4.78 is 0. The Hall–Kier alpha value is -2.56. The Kier molecular flexibility index (Phi) is 5.31. The molecular formula is C19H24N4O. The molecule has 0 saturated carbocycles. The van der Waals surface area contributed by atoms with Gasteiger partial charge in [-0.1, -0.05) is 6.92 Å². The molecule has 1 saturated heterocycles. The smallest absolute Gasteiger partial charge is 0.269 e. The van der Waals surface area contributed by atoms with Gasteiger partial charge in [0.05, 0.1) is 11.9 Å². The SMILES string of the molecule is CCCNC(=O)c1ccc(Nc2ccc(N3CCCC3)cc2)cn1. The van der Waals surface area contributed by atoms with E-state index in [0.29, 0.717) is 12.2 Å². The first-order chi connectivity index (χ1) is 11.8. The average Bonchev–Trinajstić information content (AvgIpc) is 3.15. The quantitative estimate of drug-likeness (QED) is 0.853. The topological polar surface area (TPSA) is 57.3 Å². The van der Waals surface area contributed by atoms with Gasteiger partial charge in [-0.25, -0.2) is 4.98 Å². The van der Waals surface area contributed by atoms with Gasteiger partial charge >= 0.3 is 0 Å². The molecule has 24 heavy (non-hydrogen) atoms. The number of hydrogen-bond acceptors (Lipinski definition) is 4. The normalized spacial score (nSPS) is 13.8. The molecule has 0 bridgehead atoms. The Morgan fingerprint density at radius 1 is 1.08 bits per heavy atom. The fraction of sp³-hybridized carbons (Fsp3) is 0.368. The number of amides is 1. The zero-order valence-electron chi connectivity index (χ0n) is 14.1. The summed E-state index contributed by atoms with van der Waals surface area (Å²) in [4.78, 5) is 18.5. The lowest BCUT2D eigenvalue weighted by atomic mass is 10.2. The standard InChI is InChI=1S/C19H24N4O/c1-2-11-20-19(24)18-10-7-16(14-21-18)22-15-5-8-17(9-6-15)23-12-3-4-13-23/h5-10,14,22H,2-4,11-13H2,1H3,(H,20,24). The van der Waals surface area contributed by atoms with Crippen LogP contribution < -0.4 is 15.5 Å². The van der Waals surface area contributed by atoms with Crippen LogP contribution in [0.25, 0.3) is 0 Å². The van der Waals surface area contributed by atoms with E-state index in [-0.39, 0.29) is 5.91 Å². The van der Waals surface area contributed by atoms with Gasteiger partial charge in [0, 0.05) is 31.0 Å². The van der Waals surface area contributed by atoms with Crippen molar-refractivity contribution in [2.24, 2.45) is 0 Å². The van der Waals surface area contributed by atoms with Crippen LogP contribution in [0, 0.1) is 0 Å². The lowest BCUT2D eigenvalue weighted by Gasteiger charge is -2.18. The van der Waals surface area contributed by atoms with Gasteiger partial charge in [0.25, 0.3) is 5.91 Å². The zero-order valence-corrected chi connectivity index (χ0v) is 14.1. The number of pyridine rings is 1. The summed E-state index contributed by atoms with van der Waals surface area (Å²) in [6.45, 7) is 5.00. The number of nitrogens with zero attached hydrogens (tertiary/aromatic N) is 2. The minimum atomic E-state index is -0.127. The van der Waals surface area contributed by atoms with Crippen LogP contribution in [-0.2, 0) is 0 Å². The molecule has 0 spiro atoms. The van der Waals surface area contributed by atoms with Gasteiger partial charge < -0.3 is 15.5 Å². The molecule has 0 atom stereocenters. The molecule has 0 aliphatic carbocycles. The Morgan fingerprint density at radius 2 is 1.79 bits per heavy atom. The van der Waals surface area contributed by atoms with E-state index in [1.807, 2.05) is 13.0 Å². The highest BCUT2D eigenvalue weighted by atomic mass is 16.1. The van der Waals surface area contributed by atoms with Crippen molar-refractivity contribution in [2.45, 2.75) is 26.2 Å².